The van der Waals surface area contributed by atoms with Gasteiger partial charge in [0.2, 0.25) is 0 Å². The second-order valence-electron chi connectivity index (χ2n) is 4.74. The van der Waals surface area contributed by atoms with E-state index in [-0.39, 0.29) is 5.60 Å². The Hall–Kier alpha value is -0.820. The van der Waals surface area contributed by atoms with Crippen molar-refractivity contribution in [3.63, 3.8) is 0 Å². The van der Waals surface area contributed by atoms with Crippen molar-refractivity contribution in [3.05, 3.63) is 35.4 Å². The monoisotopic (exact) mass is 204 g/mol. The topological polar surface area (TPSA) is 9.23 Å². The zero-order chi connectivity index (χ0) is 10.9. The Morgan fingerprint density at radius 1 is 1.40 bits per heavy atom. The number of hydrogen-bond donors (Lipinski definition) is 0. The molecule has 0 radical (unpaired) electrons. The molecule has 0 saturated carbocycles. The van der Waals surface area contributed by atoms with Gasteiger partial charge in [-0.3, -0.25) is 0 Å². The minimum Gasteiger partial charge on any atom is -0.366 e. The summed E-state index contributed by atoms with van der Waals surface area (Å²) in [7, 11) is 0. The lowest BCUT2D eigenvalue weighted by Gasteiger charge is -2.31. The molecule has 2 atom stereocenters. The van der Waals surface area contributed by atoms with Crippen LogP contribution < -0.4 is 0 Å². The Bertz CT molecular complexity index is 345. The lowest BCUT2D eigenvalue weighted by Crippen LogP contribution is -2.29. The molecule has 0 spiro atoms. The fourth-order valence-corrected chi connectivity index (χ4v) is 2.55. The molecule has 1 aliphatic heterocycles. The van der Waals surface area contributed by atoms with Gasteiger partial charge < -0.3 is 4.74 Å². The van der Waals surface area contributed by atoms with E-state index in [0.29, 0.717) is 5.92 Å². The standard InChI is InChI=1S/C14H20O/c1-4-7-11(2)14(3)13-9-6-5-8-12(13)10-15-14/h5-6,8-9,11H,4,7,10H2,1-3H3. The smallest absolute Gasteiger partial charge is 0.0936 e. The van der Waals surface area contributed by atoms with Crippen molar-refractivity contribution in [2.75, 3.05) is 0 Å². The maximum atomic E-state index is 6.03. The molecule has 15 heavy (non-hydrogen) atoms. The zero-order valence-corrected chi connectivity index (χ0v) is 9.92. The van der Waals surface area contributed by atoms with Crippen LogP contribution in [0.1, 0.15) is 44.7 Å². The van der Waals surface area contributed by atoms with Gasteiger partial charge >= 0.3 is 0 Å². The number of rotatable bonds is 3. The SMILES string of the molecule is CCCC(C)C1(C)OCc2ccccc21. The maximum Gasteiger partial charge on any atom is 0.0936 e. The summed E-state index contributed by atoms with van der Waals surface area (Å²) in [6.45, 7) is 7.55. The van der Waals surface area contributed by atoms with Crippen molar-refractivity contribution in [1.29, 1.82) is 0 Å². The lowest BCUT2D eigenvalue weighted by molar-refractivity contribution is -0.0652. The van der Waals surface area contributed by atoms with E-state index in [1.165, 1.54) is 24.0 Å². The summed E-state index contributed by atoms with van der Waals surface area (Å²) in [4.78, 5) is 0. The van der Waals surface area contributed by atoms with Gasteiger partial charge in [0.1, 0.15) is 0 Å². The third kappa shape index (κ3) is 1.69. The van der Waals surface area contributed by atoms with Gasteiger partial charge in [-0.25, -0.2) is 0 Å². The van der Waals surface area contributed by atoms with Crippen molar-refractivity contribution < 1.29 is 4.74 Å². The van der Waals surface area contributed by atoms with Gasteiger partial charge in [0, 0.05) is 0 Å². The van der Waals surface area contributed by atoms with E-state index in [0.717, 1.165) is 6.61 Å². The summed E-state index contributed by atoms with van der Waals surface area (Å²) in [6, 6.07) is 8.61. The summed E-state index contributed by atoms with van der Waals surface area (Å²) < 4.78 is 6.03. The van der Waals surface area contributed by atoms with Crippen molar-refractivity contribution in [3.8, 4) is 0 Å². The zero-order valence-electron chi connectivity index (χ0n) is 9.92. The van der Waals surface area contributed by atoms with E-state index in [9.17, 15) is 0 Å². The molecule has 0 amide bonds. The molecule has 2 rings (SSSR count). The Labute approximate surface area is 92.5 Å². The molecule has 2 unspecified atom stereocenters. The minimum atomic E-state index is -0.0629. The highest BCUT2D eigenvalue weighted by Gasteiger charge is 2.39. The second kappa shape index (κ2) is 3.97. The molecule has 0 fully saturated rings. The third-order valence-electron chi connectivity index (χ3n) is 3.74. The highest BCUT2D eigenvalue weighted by molar-refractivity contribution is 5.35. The normalized spacial score (nSPS) is 26.3. The molecule has 0 aliphatic carbocycles. The Balaban J connectivity index is 2.32. The van der Waals surface area contributed by atoms with Crippen molar-refractivity contribution >= 4 is 0 Å². The largest absolute Gasteiger partial charge is 0.366 e. The molecule has 1 heterocycles. The molecule has 1 nitrogen and oxygen atoms in total. The van der Waals surface area contributed by atoms with Gasteiger partial charge in [-0.1, -0.05) is 44.5 Å². The molecule has 0 aromatic heterocycles. The highest BCUT2D eigenvalue weighted by atomic mass is 16.5. The summed E-state index contributed by atoms with van der Waals surface area (Å²) in [5.74, 6) is 0.589. The van der Waals surface area contributed by atoms with Gasteiger partial charge in [-0.05, 0) is 30.4 Å². The van der Waals surface area contributed by atoms with Crippen LogP contribution in [0.2, 0.25) is 0 Å². The predicted octanol–water partition coefficient (Wildman–Crippen LogP) is 3.87. The van der Waals surface area contributed by atoms with Crippen molar-refractivity contribution in [2.45, 2.75) is 45.8 Å². The fraction of sp³-hybridized carbons (Fsp3) is 0.571. The van der Waals surface area contributed by atoms with Gasteiger partial charge in [-0.15, -0.1) is 0 Å². The van der Waals surface area contributed by atoms with Gasteiger partial charge in [0.15, 0.2) is 0 Å². The first kappa shape index (κ1) is 10.7. The number of hydrogen-bond acceptors (Lipinski definition) is 1. The van der Waals surface area contributed by atoms with E-state index in [1.807, 2.05) is 0 Å². The van der Waals surface area contributed by atoms with Crippen LogP contribution in [-0.2, 0) is 16.9 Å². The summed E-state index contributed by atoms with van der Waals surface area (Å²) in [6.07, 6.45) is 2.45. The van der Waals surface area contributed by atoms with E-state index in [1.54, 1.807) is 0 Å². The minimum absolute atomic E-state index is 0.0629. The average Bonchev–Trinajstić information content (AvgIpc) is 2.59. The lowest BCUT2D eigenvalue weighted by atomic mass is 9.81. The van der Waals surface area contributed by atoms with E-state index in [4.69, 9.17) is 4.74 Å². The van der Waals surface area contributed by atoms with Crippen LogP contribution in [0, 0.1) is 5.92 Å². The third-order valence-corrected chi connectivity index (χ3v) is 3.74. The van der Waals surface area contributed by atoms with Gasteiger partial charge in [-0.2, -0.15) is 0 Å². The first-order valence-corrected chi connectivity index (χ1v) is 5.91. The first-order valence-electron chi connectivity index (χ1n) is 5.91. The van der Waals surface area contributed by atoms with E-state index < -0.39 is 0 Å². The molecule has 1 aromatic rings. The Morgan fingerprint density at radius 3 is 2.87 bits per heavy atom. The number of fused-ring (bicyclic) bond motifs is 1. The Kier molecular flexibility index (Phi) is 2.83. The van der Waals surface area contributed by atoms with Crippen LogP contribution in [-0.4, -0.2) is 0 Å². The molecule has 1 aliphatic rings. The summed E-state index contributed by atoms with van der Waals surface area (Å²) >= 11 is 0. The van der Waals surface area contributed by atoms with Crippen LogP contribution >= 0.6 is 0 Å². The Morgan fingerprint density at radius 2 is 2.13 bits per heavy atom. The van der Waals surface area contributed by atoms with E-state index >= 15 is 0 Å². The summed E-state index contributed by atoms with van der Waals surface area (Å²) in [5, 5.41) is 0. The fourth-order valence-electron chi connectivity index (χ4n) is 2.55. The highest BCUT2D eigenvalue weighted by Crippen LogP contribution is 2.43. The molecular weight excluding hydrogens is 184 g/mol. The number of benzene rings is 1. The molecule has 0 bridgehead atoms. The van der Waals surface area contributed by atoms with Crippen LogP contribution in [0.5, 0.6) is 0 Å². The van der Waals surface area contributed by atoms with Gasteiger partial charge in [0.25, 0.3) is 0 Å². The second-order valence-corrected chi connectivity index (χ2v) is 4.74. The van der Waals surface area contributed by atoms with Crippen LogP contribution in [0.3, 0.4) is 0 Å². The average molecular weight is 204 g/mol. The van der Waals surface area contributed by atoms with Gasteiger partial charge in [0.05, 0.1) is 12.2 Å². The van der Waals surface area contributed by atoms with Crippen LogP contribution in [0.4, 0.5) is 0 Å². The van der Waals surface area contributed by atoms with Crippen LogP contribution in [0.15, 0.2) is 24.3 Å². The maximum absolute atomic E-state index is 6.03. The molecule has 82 valence electrons. The molecule has 1 aromatic carbocycles. The first-order chi connectivity index (χ1) is 7.18. The summed E-state index contributed by atoms with van der Waals surface area (Å²) in [5.41, 5.74) is 2.70. The van der Waals surface area contributed by atoms with E-state index in [2.05, 4.69) is 45.0 Å². The van der Waals surface area contributed by atoms with Crippen molar-refractivity contribution in [2.24, 2.45) is 5.92 Å². The molecule has 0 N–H and O–H groups in total. The van der Waals surface area contributed by atoms with Crippen LogP contribution in [0.25, 0.3) is 0 Å². The molecule has 0 saturated heterocycles. The molecule has 1 heteroatoms. The van der Waals surface area contributed by atoms with Crippen molar-refractivity contribution in [1.82, 2.24) is 0 Å². The molecular formula is C14H20O. The number of ether oxygens (including phenoxy) is 1. The predicted molar refractivity (Wildman–Crippen MR) is 62.7 cm³/mol. The quantitative estimate of drug-likeness (QED) is 0.726.